The predicted molar refractivity (Wildman–Crippen MR) is 345 cm³/mol. The van der Waals surface area contributed by atoms with Gasteiger partial charge in [0.25, 0.3) is 0 Å². The highest BCUT2D eigenvalue weighted by molar-refractivity contribution is 7.29. The van der Waals surface area contributed by atoms with Gasteiger partial charge in [-0.05, 0) is 170 Å². The quantitative estimate of drug-likeness (QED) is 0.162. The lowest BCUT2D eigenvalue weighted by Crippen LogP contribution is -2.35. The molecule has 1 aliphatic heterocycles. The van der Waals surface area contributed by atoms with Gasteiger partial charge in [0.15, 0.2) is 0 Å². The summed E-state index contributed by atoms with van der Waals surface area (Å²) in [5, 5.41) is 12.0. The van der Waals surface area contributed by atoms with E-state index in [2.05, 4.69) is 271 Å². The van der Waals surface area contributed by atoms with Crippen LogP contribution in [0.15, 0.2) is 209 Å². The van der Waals surface area contributed by atoms with Crippen molar-refractivity contribution in [3.05, 3.63) is 217 Å². The van der Waals surface area contributed by atoms with E-state index in [1.165, 1.54) is 70.2 Å². The molecule has 0 amide bonds. The average molecular weight is 1070 g/mol. The lowest BCUT2D eigenvalue weighted by atomic mass is 9.62. The van der Waals surface area contributed by atoms with Crippen LogP contribution in [0.2, 0.25) is 0 Å². The van der Waals surface area contributed by atoms with Gasteiger partial charge >= 0.3 is 0 Å². The third-order valence-electron chi connectivity index (χ3n) is 18.0. The van der Waals surface area contributed by atoms with E-state index >= 15 is 0 Å². The van der Waals surface area contributed by atoms with Crippen molar-refractivity contribution in [1.82, 2.24) is 4.57 Å². The Morgan fingerprint density at radius 3 is 1.91 bits per heavy atom. The number of para-hydroxylation sites is 3. The minimum absolute atomic E-state index is 0.00303. The molecule has 0 bridgehead atoms. The van der Waals surface area contributed by atoms with Crippen LogP contribution in [0.25, 0.3) is 104 Å². The number of nitrogens with zero attached hydrogens (tertiary/aromatic N) is 2. The molecular weight excluding hydrogens is 1010 g/mol. The predicted octanol–water partition coefficient (Wildman–Crippen LogP) is 20.0. The van der Waals surface area contributed by atoms with Gasteiger partial charge in [0.2, 0.25) is 7.28 Å². The van der Waals surface area contributed by atoms with Gasteiger partial charge < -0.3 is 23.6 Å². The summed E-state index contributed by atoms with van der Waals surface area (Å²) in [5.74, 6) is 0. The van der Waals surface area contributed by atoms with Gasteiger partial charge in [-0.2, -0.15) is 0 Å². The molecule has 10 aromatic carbocycles. The van der Waals surface area contributed by atoms with Crippen molar-refractivity contribution in [2.75, 3.05) is 10.2 Å². The number of rotatable bonds is 7. The number of anilines is 5. The number of hydrogen-bond acceptors (Lipinski definition) is 5. The zero-order valence-corrected chi connectivity index (χ0v) is 47.5. The van der Waals surface area contributed by atoms with E-state index in [0.717, 1.165) is 102 Å². The van der Waals surface area contributed by atoms with Crippen LogP contribution in [0.5, 0.6) is 0 Å². The van der Waals surface area contributed by atoms with E-state index in [-0.39, 0.29) is 16.2 Å². The smallest absolute Gasteiger partial charge is 0.211 e. The minimum Gasteiger partial charge on any atom is -0.456 e. The second-order valence-electron chi connectivity index (χ2n) is 25.0. The Kier molecular flexibility index (Phi) is 10.3. The fraction of sp³-hybridized carbons (Fsp3) is 0.162. The maximum absolute atomic E-state index is 7.42. The van der Waals surface area contributed by atoms with Gasteiger partial charge in [-0.15, -0.1) is 11.3 Å². The highest BCUT2D eigenvalue weighted by Crippen LogP contribution is 2.53. The van der Waals surface area contributed by atoms with E-state index in [9.17, 15) is 0 Å². The van der Waals surface area contributed by atoms with Crippen molar-refractivity contribution < 1.29 is 8.83 Å². The van der Waals surface area contributed by atoms with Gasteiger partial charge in [0.1, 0.15) is 22.3 Å². The third-order valence-corrected chi connectivity index (χ3v) is 19.1. The van der Waals surface area contributed by atoms with Gasteiger partial charge in [-0.1, -0.05) is 152 Å². The molecule has 0 atom stereocenters. The summed E-state index contributed by atoms with van der Waals surface area (Å²) < 4.78 is 19.7. The molecule has 391 valence electrons. The van der Waals surface area contributed by atoms with Gasteiger partial charge in [-0.25, -0.2) is 0 Å². The second kappa shape index (κ2) is 17.4. The number of thiophene rings is 1. The van der Waals surface area contributed by atoms with E-state index in [4.69, 9.17) is 8.83 Å². The van der Waals surface area contributed by atoms with Crippen molar-refractivity contribution in [1.29, 1.82) is 0 Å². The van der Waals surface area contributed by atoms with Crippen LogP contribution in [0.4, 0.5) is 28.4 Å². The van der Waals surface area contributed by atoms with Crippen LogP contribution < -0.4 is 20.5 Å². The molecule has 1 aliphatic carbocycles. The van der Waals surface area contributed by atoms with Gasteiger partial charge in [-0.3, -0.25) is 0 Å². The molecule has 4 aromatic heterocycles. The molecule has 0 fully saturated rings. The Hall–Kier alpha value is -8.78. The fourth-order valence-corrected chi connectivity index (χ4v) is 14.8. The van der Waals surface area contributed by atoms with Crippen molar-refractivity contribution in [2.24, 2.45) is 0 Å². The largest absolute Gasteiger partial charge is 0.456 e. The normalized spacial score (nSPS) is 14.6. The number of aromatic nitrogens is 1. The lowest BCUT2D eigenvalue weighted by molar-refractivity contribution is 0.332. The molecule has 0 unspecified atom stereocenters. The standard InChI is InChI=1S/C74H59BN3O2S/c1-72(2,3)45-28-30-46(31-29-45)76-58-40-52-51-38-49(77(47-21-13-9-14-22-47)48-23-15-10-16-24-48)32-33-61(51)79-62(52)41-53(58)64-65-50-25-17-18-26-60(50)80-70(65)66-54-39-56-57(74(6,7)36-35-73(56,4)5)42-59(54)78-68-55-37-44(43-19-11-8-12-20-43)27-34-63(55)81-71(68)75-67(64)69(66)78/h8-34,37-42,76H,35-36H2,1-7H3. The van der Waals surface area contributed by atoms with E-state index in [0.29, 0.717) is 0 Å². The minimum atomic E-state index is -0.00490. The molecule has 2 aliphatic rings. The topological polar surface area (TPSA) is 46.5 Å². The van der Waals surface area contributed by atoms with E-state index in [1.54, 1.807) is 0 Å². The molecule has 81 heavy (non-hydrogen) atoms. The van der Waals surface area contributed by atoms with Crippen LogP contribution in [-0.4, -0.2) is 11.8 Å². The molecule has 14 aromatic rings. The van der Waals surface area contributed by atoms with Crippen LogP contribution in [0, 0.1) is 0 Å². The van der Waals surface area contributed by atoms with Gasteiger partial charge in [0, 0.05) is 71.0 Å². The average Bonchev–Trinajstić information content (AvgIpc) is 1.79. The fourth-order valence-electron chi connectivity index (χ4n) is 13.7. The molecule has 0 saturated heterocycles. The maximum Gasteiger partial charge on any atom is 0.211 e. The Balaban J connectivity index is 1.03. The highest BCUT2D eigenvalue weighted by Gasteiger charge is 2.40. The summed E-state index contributed by atoms with van der Waals surface area (Å²) in [6.07, 6.45) is 2.25. The Labute approximate surface area is 476 Å². The Morgan fingerprint density at radius 2 is 1.20 bits per heavy atom. The second-order valence-corrected chi connectivity index (χ2v) is 26.1. The zero-order chi connectivity index (χ0) is 54.7. The van der Waals surface area contributed by atoms with Crippen LogP contribution >= 0.6 is 11.3 Å². The van der Waals surface area contributed by atoms with Crippen LogP contribution in [0.3, 0.4) is 0 Å². The molecule has 1 N–H and O–H groups in total. The van der Waals surface area contributed by atoms with Crippen LogP contribution in [0.1, 0.15) is 78.0 Å². The molecule has 7 heteroatoms. The maximum atomic E-state index is 7.42. The number of nitrogens with one attached hydrogen (secondary N) is 1. The summed E-state index contributed by atoms with van der Waals surface area (Å²) >= 11 is 1.88. The molecular formula is C74H59BN3O2S. The molecule has 5 heterocycles. The van der Waals surface area contributed by atoms with E-state index < -0.39 is 0 Å². The van der Waals surface area contributed by atoms with Crippen molar-refractivity contribution in [3.63, 3.8) is 0 Å². The molecule has 0 spiro atoms. The first-order chi connectivity index (χ1) is 39.3. The van der Waals surface area contributed by atoms with Gasteiger partial charge in [0.05, 0.1) is 22.1 Å². The Bertz CT molecular complexity index is 4860. The third kappa shape index (κ3) is 7.37. The van der Waals surface area contributed by atoms with Crippen molar-refractivity contribution in [3.8, 4) is 27.9 Å². The molecule has 0 saturated carbocycles. The highest BCUT2D eigenvalue weighted by atomic mass is 32.1. The monoisotopic (exact) mass is 1060 g/mol. The first-order valence-electron chi connectivity index (χ1n) is 28.5. The number of benzene rings is 10. The summed E-state index contributed by atoms with van der Waals surface area (Å²) in [6.45, 7) is 16.6. The molecule has 16 rings (SSSR count). The summed E-state index contributed by atoms with van der Waals surface area (Å²) in [6, 6.07) is 73.1. The molecule has 5 nitrogen and oxygen atoms in total. The lowest BCUT2D eigenvalue weighted by Gasteiger charge is -2.42. The van der Waals surface area contributed by atoms with Crippen molar-refractivity contribution in [2.45, 2.75) is 77.6 Å². The van der Waals surface area contributed by atoms with Crippen LogP contribution in [-0.2, 0) is 16.2 Å². The first-order valence-corrected chi connectivity index (χ1v) is 29.3. The first kappa shape index (κ1) is 48.2. The summed E-state index contributed by atoms with van der Waals surface area (Å²) in [4.78, 5) is 2.32. The number of hydrogen-bond donors (Lipinski definition) is 1. The summed E-state index contributed by atoms with van der Waals surface area (Å²) in [7, 11) is 2.51. The summed E-state index contributed by atoms with van der Waals surface area (Å²) in [5.41, 5.74) is 22.1. The van der Waals surface area contributed by atoms with E-state index in [1.807, 2.05) is 11.3 Å². The Morgan fingerprint density at radius 1 is 0.543 bits per heavy atom. The number of fused-ring (bicyclic) bond motifs is 15. The molecule has 1 radical (unpaired) electrons. The zero-order valence-electron chi connectivity index (χ0n) is 46.7. The van der Waals surface area contributed by atoms with Crippen molar-refractivity contribution >= 4 is 133 Å². The number of furan rings is 2. The SMILES string of the molecule is CC(C)(C)c1ccc(Nc2cc3c(cc2-c2c4c5c(c6cc7c(cc6n5-c5c(sc6ccc(-c8ccccc8)cc56)[B]4)C(C)(C)CCC7(C)C)c4oc5ccccc5c24)oc2ccc(N(c4ccccc4)c4ccccc4)cc23)cc1.